The summed E-state index contributed by atoms with van der Waals surface area (Å²) in [5.74, 6) is 2.25. The molecule has 3 rings (SSSR count). The first-order valence-corrected chi connectivity index (χ1v) is 8.53. The summed E-state index contributed by atoms with van der Waals surface area (Å²) >= 11 is 0. The summed E-state index contributed by atoms with van der Waals surface area (Å²) in [4.78, 5) is 4.47. The second kappa shape index (κ2) is 7.82. The Labute approximate surface area is 153 Å². The number of aryl methyl sites for hydroxylation is 1. The fraction of sp³-hybridized carbons (Fsp3) is 0.250. The second-order valence-electron chi connectivity index (χ2n) is 6.40. The largest absolute Gasteiger partial charge is 0.495 e. The molecule has 26 heavy (non-hydrogen) atoms. The van der Waals surface area contributed by atoms with Crippen molar-refractivity contribution in [3.63, 3.8) is 0 Å². The first-order chi connectivity index (χ1) is 12.5. The van der Waals surface area contributed by atoms with Gasteiger partial charge in [-0.1, -0.05) is 32.0 Å². The number of ether oxygens (including phenoxy) is 1. The molecule has 0 aliphatic rings. The van der Waals surface area contributed by atoms with E-state index in [2.05, 4.69) is 51.8 Å². The summed E-state index contributed by atoms with van der Waals surface area (Å²) in [6.45, 7) is 6.37. The third-order valence-corrected chi connectivity index (χ3v) is 4.01. The summed E-state index contributed by atoms with van der Waals surface area (Å²) < 4.78 is 5.37. The van der Waals surface area contributed by atoms with Gasteiger partial charge in [0.25, 0.3) is 0 Å². The number of nitrogens with zero attached hydrogens (tertiary/aromatic N) is 3. The van der Waals surface area contributed by atoms with Crippen LogP contribution in [0.25, 0.3) is 0 Å². The van der Waals surface area contributed by atoms with Crippen LogP contribution in [-0.2, 0) is 0 Å². The average Bonchev–Trinajstić information content (AvgIpc) is 2.63. The van der Waals surface area contributed by atoms with Crippen molar-refractivity contribution >= 4 is 23.1 Å². The van der Waals surface area contributed by atoms with E-state index in [4.69, 9.17) is 4.74 Å². The molecular formula is C20H23N5O. The molecule has 1 heterocycles. The summed E-state index contributed by atoms with van der Waals surface area (Å²) in [5, 5.41) is 14.5. The summed E-state index contributed by atoms with van der Waals surface area (Å²) in [5.41, 5.74) is 4.16. The van der Waals surface area contributed by atoms with Gasteiger partial charge in [0.1, 0.15) is 5.75 Å². The van der Waals surface area contributed by atoms with E-state index in [9.17, 15) is 0 Å². The molecule has 0 spiro atoms. The average molecular weight is 349 g/mol. The summed E-state index contributed by atoms with van der Waals surface area (Å²) in [7, 11) is 1.63. The van der Waals surface area contributed by atoms with Crippen LogP contribution in [0.3, 0.4) is 0 Å². The van der Waals surface area contributed by atoms with Crippen LogP contribution in [-0.4, -0.2) is 22.3 Å². The zero-order valence-electron chi connectivity index (χ0n) is 15.4. The van der Waals surface area contributed by atoms with E-state index in [0.29, 0.717) is 17.7 Å². The van der Waals surface area contributed by atoms with E-state index in [1.807, 2.05) is 37.3 Å². The fourth-order valence-electron chi connectivity index (χ4n) is 2.56. The van der Waals surface area contributed by atoms with Crippen LogP contribution in [0, 0.1) is 6.92 Å². The number of hydrogen-bond donors (Lipinski definition) is 2. The molecule has 2 N–H and O–H groups in total. The maximum absolute atomic E-state index is 5.37. The first-order valence-electron chi connectivity index (χ1n) is 8.53. The minimum atomic E-state index is 0.401. The maximum Gasteiger partial charge on any atom is 0.249 e. The van der Waals surface area contributed by atoms with E-state index in [-0.39, 0.29) is 0 Å². The number of nitrogens with one attached hydrogen (secondary N) is 2. The van der Waals surface area contributed by atoms with Crippen molar-refractivity contribution in [1.29, 1.82) is 0 Å². The molecule has 6 nitrogen and oxygen atoms in total. The molecule has 0 aliphatic heterocycles. The third kappa shape index (κ3) is 4.27. The van der Waals surface area contributed by atoms with Crippen molar-refractivity contribution in [2.24, 2.45) is 0 Å². The molecule has 3 aromatic rings. The molecule has 6 heteroatoms. The number of anilines is 4. The number of rotatable bonds is 6. The van der Waals surface area contributed by atoms with Gasteiger partial charge in [-0.2, -0.15) is 10.1 Å². The van der Waals surface area contributed by atoms with E-state index in [1.165, 1.54) is 5.56 Å². The van der Waals surface area contributed by atoms with E-state index < -0.39 is 0 Å². The Morgan fingerprint density at radius 2 is 1.77 bits per heavy atom. The van der Waals surface area contributed by atoms with Crippen LogP contribution in [0.2, 0.25) is 0 Å². The van der Waals surface area contributed by atoms with Crippen LogP contribution >= 0.6 is 0 Å². The Balaban J connectivity index is 1.77. The predicted octanol–water partition coefficient (Wildman–Crippen LogP) is 4.80. The zero-order valence-corrected chi connectivity index (χ0v) is 15.4. The normalized spacial score (nSPS) is 10.7. The molecule has 0 unspecified atom stereocenters. The Morgan fingerprint density at radius 1 is 1.00 bits per heavy atom. The minimum absolute atomic E-state index is 0.401. The SMILES string of the molecule is COc1ccc(C)cc1Nc1nncc(Nc2ccc(C(C)C)cc2)n1. The van der Waals surface area contributed by atoms with Crippen molar-refractivity contribution in [2.75, 3.05) is 17.7 Å². The standard InChI is InChI=1S/C20H23N5O/c1-13(2)15-6-8-16(9-7-15)22-19-12-21-25-20(24-19)23-17-11-14(3)5-10-18(17)26-4/h5-13H,1-4H3,(H2,22,23,24,25). The second-order valence-corrected chi connectivity index (χ2v) is 6.40. The zero-order chi connectivity index (χ0) is 18.5. The Kier molecular flexibility index (Phi) is 5.31. The Morgan fingerprint density at radius 3 is 2.46 bits per heavy atom. The van der Waals surface area contributed by atoms with Gasteiger partial charge in [-0.15, -0.1) is 5.10 Å². The lowest BCUT2D eigenvalue weighted by atomic mass is 10.0. The van der Waals surface area contributed by atoms with Crippen LogP contribution in [0.15, 0.2) is 48.7 Å². The number of methoxy groups -OCH3 is 1. The monoisotopic (exact) mass is 349 g/mol. The molecule has 0 aliphatic carbocycles. The summed E-state index contributed by atoms with van der Waals surface area (Å²) in [6.07, 6.45) is 1.59. The van der Waals surface area contributed by atoms with Crippen LogP contribution in [0.5, 0.6) is 5.75 Å². The highest BCUT2D eigenvalue weighted by molar-refractivity contribution is 5.64. The van der Waals surface area contributed by atoms with Gasteiger partial charge in [0.15, 0.2) is 5.82 Å². The molecule has 0 saturated carbocycles. The van der Waals surface area contributed by atoms with Gasteiger partial charge in [0, 0.05) is 5.69 Å². The molecule has 0 atom stereocenters. The van der Waals surface area contributed by atoms with Gasteiger partial charge >= 0.3 is 0 Å². The Bertz CT molecular complexity index is 878. The molecular weight excluding hydrogens is 326 g/mol. The highest BCUT2D eigenvalue weighted by Gasteiger charge is 2.07. The van der Waals surface area contributed by atoms with Crippen molar-refractivity contribution in [3.8, 4) is 5.75 Å². The maximum atomic E-state index is 5.37. The van der Waals surface area contributed by atoms with E-state index in [1.54, 1.807) is 13.3 Å². The Hall–Kier alpha value is -3.15. The molecule has 2 aromatic carbocycles. The van der Waals surface area contributed by atoms with Gasteiger partial charge in [-0.25, -0.2) is 0 Å². The molecule has 0 bridgehead atoms. The lowest BCUT2D eigenvalue weighted by molar-refractivity contribution is 0.416. The van der Waals surface area contributed by atoms with Gasteiger partial charge < -0.3 is 15.4 Å². The van der Waals surface area contributed by atoms with Gasteiger partial charge in [-0.05, 0) is 48.2 Å². The van der Waals surface area contributed by atoms with Gasteiger partial charge in [0.2, 0.25) is 5.95 Å². The van der Waals surface area contributed by atoms with E-state index in [0.717, 1.165) is 22.7 Å². The van der Waals surface area contributed by atoms with Gasteiger partial charge in [-0.3, -0.25) is 0 Å². The van der Waals surface area contributed by atoms with Crippen LogP contribution in [0.4, 0.5) is 23.1 Å². The molecule has 134 valence electrons. The number of benzene rings is 2. The van der Waals surface area contributed by atoms with E-state index >= 15 is 0 Å². The fourth-order valence-corrected chi connectivity index (χ4v) is 2.56. The van der Waals surface area contributed by atoms with Gasteiger partial charge in [0.05, 0.1) is 19.0 Å². The highest BCUT2D eigenvalue weighted by Crippen LogP contribution is 2.27. The number of aromatic nitrogens is 3. The lowest BCUT2D eigenvalue weighted by Crippen LogP contribution is -2.03. The van der Waals surface area contributed by atoms with Crippen molar-refractivity contribution in [3.05, 3.63) is 59.8 Å². The molecule has 1 aromatic heterocycles. The predicted molar refractivity (Wildman–Crippen MR) is 105 cm³/mol. The van der Waals surface area contributed by atoms with Crippen molar-refractivity contribution in [1.82, 2.24) is 15.2 Å². The molecule has 0 radical (unpaired) electrons. The summed E-state index contributed by atoms with van der Waals surface area (Å²) in [6, 6.07) is 14.2. The topological polar surface area (TPSA) is 72.0 Å². The minimum Gasteiger partial charge on any atom is -0.495 e. The lowest BCUT2D eigenvalue weighted by Gasteiger charge is -2.12. The molecule has 0 fully saturated rings. The highest BCUT2D eigenvalue weighted by atomic mass is 16.5. The van der Waals surface area contributed by atoms with Crippen LogP contribution in [0.1, 0.15) is 30.9 Å². The first kappa shape index (κ1) is 17.7. The smallest absolute Gasteiger partial charge is 0.249 e. The van der Waals surface area contributed by atoms with Crippen LogP contribution < -0.4 is 15.4 Å². The van der Waals surface area contributed by atoms with Crippen molar-refractivity contribution in [2.45, 2.75) is 26.7 Å². The van der Waals surface area contributed by atoms with Crippen molar-refractivity contribution < 1.29 is 4.74 Å². The molecule has 0 amide bonds. The quantitative estimate of drug-likeness (QED) is 0.666. The number of hydrogen-bond acceptors (Lipinski definition) is 6. The molecule has 0 saturated heterocycles. The third-order valence-electron chi connectivity index (χ3n) is 4.01.